The Bertz CT molecular complexity index is 270. The third-order valence-electron chi connectivity index (χ3n) is 1.77. The highest BCUT2D eigenvalue weighted by atomic mass is 16.5. The second-order valence-electron chi connectivity index (χ2n) is 2.88. The number of rotatable bonds is 4. The molecule has 2 nitrogen and oxygen atoms in total. The van der Waals surface area contributed by atoms with E-state index < -0.39 is 0 Å². The Hall–Kier alpha value is -1.31. The van der Waals surface area contributed by atoms with Crippen molar-refractivity contribution in [3.05, 3.63) is 35.6 Å². The first-order valence-electron chi connectivity index (χ1n) is 4.82. The fourth-order valence-electron chi connectivity index (χ4n) is 0.703. The fourth-order valence-corrected chi connectivity index (χ4v) is 0.703. The lowest BCUT2D eigenvalue weighted by Gasteiger charge is -2.02. The van der Waals surface area contributed by atoms with Crippen LogP contribution in [0.3, 0.4) is 0 Å². The van der Waals surface area contributed by atoms with E-state index in [0.717, 1.165) is 5.57 Å². The highest BCUT2D eigenvalue weighted by Gasteiger charge is 1.99. The largest absolute Gasteiger partial charge is 0.427 e. The summed E-state index contributed by atoms with van der Waals surface area (Å²) in [7, 11) is 0. The third-order valence-corrected chi connectivity index (χ3v) is 1.77. The van der Waals surface area contributed by atoms with Gasteiger partial charge in [0.2, 0.25) is 0 Å². The molecule has 0 saturated heterocycles. The summed E-state index contributed by atoms with van der Waals surface area (Å²) in [6.45, 7) is 7.57. The lowest BCUT2D eigenvalue weighted by Crippen LogP contribution is -2.00. The van der Waals surface area contributed by atoms with Gasteiger partial charge in [-0.1, -0.05) is 24.6 Å². The summed E-state index contributed by atoms with van der Waals surface area (Å²) in [5.41, 5.74) is 1.14. The molecule has 0 atom stereocenters. The minimum Gasteiger partial charge on any atom is -0.427 e. The van der Waals surface area contributed by atoms with Gasteiger partial charge in [0, 0.05) is 6.42 Å². The van der Waals surface area contributed by atoms with Gasteiger partial charge >= 0.3 is 5.97 Å². The lowest BCUT2D eigenvalue weighted by atomic mass is 10.2. The monoisotopic (exact) mass is 194 g/mol. The van der Waals surface area contributed by atoms with Crippen LogP contribution in [0.1, 0.15) is 34.1 Å². The van der Waals surface area contributed by atoms with Gasteiger partial charge in [0.1, 0.15) is 5.76 Å². The average Bonchev–Trinajstić information content (AvgIpc) is 2.22. The zero-order chi connectivity index (χ0) is 11.0. The highest BCUT2D eigenvalue weighted by molar-refractivity contribution is 5.70. The molecule has 14 heavy (non-hydrogen) atoms. The maximum absolute atomic E-state index is 11.0. The first kappa shape index (κ1) is 12.7. The molecular weight excluding hydrogens is 176 g/mol. The third kappa shape index (κ3) is 5.36. The molecule has 0 radical (unpaired) electrons. The molecule has 0 fully saturated rings. The van der Waals surface area contributed by atoms with Crippen LogP contribution < -0.4 is 0 Å². The number of allylic oxidation sites excluding steroid dienone is 5. The number of carbonyl (C=O) groups excluding carboxylic acids is 1. The standard InChI is InChI=1S/C12H18O2/c1-5-10(4)8-9-11(6-2)14-12(13)7-3/h5-6,8-9H,7H2,1-4H3/b9-8-,10-5-,11-6+. The quantitative estimate of drug-likeness (QED) is 0.389. The van der Waals surface area contributed by atoms with Gasteiger partial charge in [-0.3, -0.25) is 4.79 Å². The van der Waals surface area contributed by atoms with E-state index in [-0.39, 0.29) is 5.97 Å². The van der Waals surface area contributed by atoms with E-state index in [4.69, 9.17) is 4.74 Å². The Balaban J connectivity index is 4.32. The Morgan fingerprint density at radius 2 is 1.86 bits per heavy atom. The van der Waals surface area contributed by atoms with Crippen LogP contribution in [0.15, 0.2) is 35.6 Å². The molecule has 0 aromatic heterocycles. The Kier molecular flexibility index (Phi) is 6.46. The second-order valence-corrected chi connectivity index (χ2v) is 2.88. The molecule has 78 valence electrons. The van der Waals surface area contributed by atoms with Crippen molar-refractivity contribution in [2.24, 2.45) is 0 Å². The summed E-state index contributed by atoms with van der Waals surface area (Å²) in [5, 5.41) is 0. The van der Waals surface area contributed by atoms with Crippen LogP contribution in [0.25, 0.3) is 0 Å². The van der Waals surface area contributed by atoms with E-state index in [1.807, 2.05) is 32.9 Å². The first-order valence-corrected chi connectivity index (χ1v) is 4.82. The number of carbonyl (C=O) groups is 1. The van der Waals surface area contributed by atoms with Crippen molar-refractivity contribution in [1.29, 1.82) is 0 Å². The molecule has 0 rings (SSSR count). The zero-order valence-electron chi connectivity index (χ0n) is 9.33. The first-order chi connectivity index (χ1) is 6.63. The Morgan fingerprint density at radius 3 is 2.29 bits per heavy atom. The molecule has 0 heterocycles. The van der Waals surface area contributed by atoms with Crippen molar-refractivity contribution in [1.82, 2.24) is 0 Å². The van der Waals surface area contributed by atoms with E-state index in [0.29, 0.717) is 12.2 Å². The normalized spacial score (nSPS) is 13.4. The summed E-state index contributed by atoms with van der Waals surface area (Å²) in [6, 6.07) is 0. The SMILES string of the molecule is C\C=C(C)/C=C\C(=C/C)OC(=O)CC. The average molecular weight is 194 g/mol. The van der Waals surface area contributed by atoms with E-state index >= 15 is 0 Å². The topological polar surface area (TPSA) is 26.3 Å². The van der Waals surface area contributed by atoms with Gasteiger partial charge < -0.3 is 4.74 Å². The highest BCUT2D eigenvalue weighted by Crippen LogP contribution is 2.04. The number of hydrogen-bond donors (Lipinski definition) is 0. The molecule has 0 saturated carbocycles. The predicted molar refractivity (Wildman–Crippen MR) is 58.7 cm³/mol. The number of esters is 1. The minimum absolute atomic E-state index is 0.208. The van der Waals surface area contributed by atoms with Gasteiger partial charge in [-0.25, -0.2) is 0 Å². The summed E-state index contributed by atoms with van der Waals surface area (Å²) in [6.07, 6.45) is 7.87. The van der Waals surface area contributed by atoms with E-state index in [1.54, 1.807) is 19.1 Å². The van der Waals surface area contributed by atoms with Crippen LogP contribution in [0, 0.1) is 0 Å². The second kappa shape index (κ2) is 7.13. The molecular formula is C12H18O2. The van der Waals surface area contributed by atoms with Gasteiger partial charge in [0.05, 0.1) is 0 Å². The van der Waals surface area contributed by atoms with E-state index in [1.165, 1.54) is 0 Å². The van der Waals surface area contributed by atoms with E-state index in [2.05, 4.69) is 0 Å². The molecule has 0 aliphatic carbocycles. The molecule has 2 heteroatoms. The molecule has 0 N–H and O–H groups in total. The van der Waals surface area contributed by atoms with Crippen LogP contribution in [0.4, 0.5) is 0 Å². The van der Waals surface area contributed by atoms with Crippen LogP contribution in [-0.2, 0) is 9.53 Å². The molecule has 0 aliphatic heterocycles. The summed E-state index contributed by atoms with van der Waals surface area (Å²) < 4.78 is 5.05. The molecule has 0 amide bonds. The van der Waals surface area contributed by atoms with Crippen molar-refractivity contribution in [3.63, 3.8) is 0 Å². The van der Waals surface area contributed by atoms with Crippen molar-refractivity contribution < 1.29 is 9.53 Å². The maximum atomic E-state index is 11.0. The zero-order valence-corrected chi connectivity index (χ0v) is 9.33. The molecule has 0 spiro atoms. The Labute approximate surface area is 86.0 Å². The van der Waals surface area contributed by atoms with Gasteiger partial charge in [-0.15, -0.1) is 0 Å². The van der Waals surface area contributed by atoms with E-state index in [9.17, 15) is 4.79 Å². The fraction of sp³-hybridized carbons (Fsp3) is 0.417. The van der Waals surface area contributed by atoms with Crippen molar-refractivity contribution >= 4 is 5.97 Å². The van der Waals surface area contributed by atoms with Gasteiger partial charge in [0.25, 0.3) is 0 Å². The Morgan fingerprint density at radius 1 is 1.21 bits per heavy atom. The van der Waals surface area contributed by atoms with Gasteiger partial charge in [0.15, 0.2) is 0 Å². The maximum Gasteiger partial charge on any atom is 0.310 e. The predicted octanol–water partition coefficient (Wildman–Crippen LogP) is 3.37. The van der Waals surface area contributed by atoms with Gasteiger partial charge in [-0.05, 0) is 32.9 Å². The number of hydrogen-bond acceptors (Lipinski definition) is 2. The molecule has 0 aromatic carbocycles. The van der Waals surface area contributed by atoms with Crippen molar-refractivity contribution in [3.8, 4) is 0 Å². The van der Waals surface area contributed by atoms with Gasteiger partial charge in [-0.2, -0.15) is 0 Å². The molecule has 0 bridgehead atoms. The van der Waals surface area contributed by atoms with Crippen molar-refractivity contribution in [2.75, 3.05) is 0 Å². The van der Waals surface area contributed by atoms with Crippen LogP contribution >= 0.6 is 0 Å². The molecule has 0 aliphatic rings. The summed E-state index contributed by atoms with van der Waals surface area (Å²) in [5.74, 6) is 0.388. The van der Waals surface area contributed by atoms with Crippen LogP contribution in [-0.4, -0.2) is 5.97 Å². The molecule has 0 aromatic rings. The van der Waals surface area contributed by atoms with Crippen LogP contribution in [0.5, 0.6) is 0 Å². The summed E-state index contributed by atoms with van der Waals surface area (Å²) in [4.78, 5) is 11.0. The minimum atomic E-state index is -0.208. The summed E-state index contributed by atoms with van der Waals surface area (Å²) >= 11 is 0. The molecule has 0 unspecified atom stereocenters. The number of ether oxygens (including phenoxy) is 1. The van der Waals surface area contributed by atoms with Crippen LogP contribution in [0.2, 0.25) is 0 Å². The lowest BCUT2D eigenvalue weighted by molar-refractivity contribution is -0.138. The smallest absolute Gasteiger partial charge is 0.310 e. The van der Waals surface area contributed by atoms with Crippen molar-refractivity contribution in [2.45, 2.75) is 34.1 Å².